The fourth-order valence-electron chi connectivity index (χ4n) is 2.19. The SMILES string of the molecule is CCOC(=O)Cn1c(=NC(=O)c2ccc(Br)o2)sc2cc(Cl)ccc21. The normalized spacial score (nSPS) is 11.9. The van der Waals surface area contributed by atoms with E-state index in [0.717, 1.165) is 10.2 Å². The highest BCUT2D eigenvalue weighted by molar-refractivity contribution is 9.10. The molecule has 0 aliphatic rings. The predicted molar refractivity (Wildman–Crippen MR) is 97.8 cm³/mol. The van der Waals surface area contributed by atoms with Crippen molar-refractivity contribution < 1.29 is 18.7 Å². The molecular weight excluding hydrogens is 432 g/mol. The maximum atomic E-state index is 12.3. The summed E-state index contributed by atoms with van der Waals surface area (Å²) in [5.74, 6) is -0.849. The Morgan fingerprint density at radius 3 is 2.84 bits per heavy atom. The van der Waals surface area contributed by atoms with Gasteiger partial charge in [0.15, 0.2) is 15.2 Å². The van der Waals surface area contributed by atoms with Crippen LogP contribution in [0, 0.1) is 0 Å². The van der Waals surface area contributed by atoms with Gasteiger partial charge in [-0.3, -0.25) is 9.59 Å². The number of carbonyl (C=O) groups excluding carboxylic acids is 2. The zero-order valence-corrected chi connectivity index (χ0v) is 16.2. The number of amides is 1. The number of esters is 1. The standard InChI is InChI=1S/C16H12BrClN2O4S/c1-2-23-14(21)8-20-10-4-3-9(18)7-12(10)25-16(20)19-15(22)11-5-6-13(17)24-11/h3-7H,2,8H2,1H3. The lowest BCUT2D eigenvalue weighted by atomic mass is 10.3. The van der Waals surface area contributed by atoms with Gasteiger partial charge in [0.05, 0.1) is 16.8 Å². The lowest BCUT2D eigenvalue weighted by Crippen LogP contribution is -2.23. The number of thiazole rings is 1. The van der Waals surface area contributed by atoms with Crippen LogP contribution < -0.4 is 4.80 Å². The van der Waals surface area contributed by atoms with Crippen LogP contribution in [-0.2, 0) is 16.1 Å². The summed E-state index contributed by atoms with van der Waals surface area (Å²) >= 11 is 10.4. The van der Waals surface area contributed by atoms with Gasteiger partial charge in [0, 0.05) is 5.02 Å². The van der Waals surface area contributed by atoms with Gasteiger partial charge in [-0.15, -0.1) is 0 Å². The third-order valence-corrected chi connectivity index (χ3v) is 4.92. The molecule has 2 aromatic heterocycles. The molecule has 3 rings (SSSR count). The van der Waals surface area contributed by atoms with Crippen LogP contribution in [0.4, 0.5) is 0 Å². The summed E-state index contributed by atoms with van der Waals surface area (Å²) in [5.41, 5.74) is 0.745. The summed E-state index contributed by atoms with van der Waals surface area (Å²) in [6.45, 7) is 1.96. The fourth-order valence-corrected chi connectivity index (χ4v) is 3.80. The van der Waals surface area contributed by atoms with Crippen LogP contribution in [0.5, 0.6) is 0 Å². The van der Waals surface area contributed by atoms with Crippen LogP contribution in [0.15, 0.2) is 44.4 Å². The Balaban J connectivity index is 2.10. The predicted octanol–water partition coefficient (Wildman–Crippen LogP) is 4.02. The number of hydrogen-bond acceptors (Lipinski definition) is 5. The van der Waals surface area contributed by atoms with Crippen molar-refractivity contribution in [2.45, 2.75) is 13.5 Å². The second-order valence-corrected chi connectivity index (χ2v) is 7.14. The molecule has 0 atom stereocenters. The van der Waals surface area contributed by atoms with E-state index >= 15 is 0 Å². The number of ether oxygens (including phenoxy) is 1. The van der Waals surface area contributed by atoms with E-state index in [2.05, 4.69) is 20.9 Å². The summed E-state index contributed by atoms with van der Waals surface area (Å²) < 4.78 is 13.1. The number of hydrogen-bond donors (Lipinski definition) is 0. The van der Waals surface area contributed by atoms with Crippen LogP contribution >= 0.6 is 38.9 Å². The van der Waals surface area contributed by atoms with E-state index in [9.17, 15) is 9.59 Å². The van der Waals surface area contributed by atoms with Crippen LogP contribution in [0.25, 0.3) is 10.2 Å². The number of rotatable bonds is 4. The third kappa shape index (κ3) is 4.02. The molecule has 0 unspecified atom stereocenters. The van der Waals surface area contributed by atoms with Gasteiger partial charge in [-0.25, -0.2) is 0 Å². The molecule has 0 spiro atoms. The average Bonchev–Trinajstić information content (AvgIpc) is 3.12. The molecule has 3 aromatic rings. The minimum absolute atomic E-state index is 0.0521. The Kier molecular flexibility index (Phi) is 5.41. The molecule has 0 N–H and O–H groups in total. The van der Waals surface area contributed by atoms with Crippen molar-refractivity contribution in [2.75, 3.05) is 6.61 Å². The first-order valence-corrected chi connectivity index (χ1v) is 9.25. The molecule has 2 heterocycles. The molecular formula is C16H12BrClN2O4S. The first-order chi connectivity index (χ1) is 12.0. The van der Waals surface area contributed by atoms with E-state index in [-0.39, 0.29) is 18.9 Å². The van der Waals surface area contributed by atoms with Gasteiger partial charge in [-0.05, 0) is 53.2 Å². The molecule has 0 radical (unpaired) electrons. The largest absolute Gasteiger partial charge is 0.465 e. The molecule has 25 heavy (non-hydrogen) atoms. The maximum Gasteiger partial charge on any atom is 0.326 e. The molecule has 0 aliphatic heterocycles. The maximum absolute atomic E-state index is 12.3. The smallest absolute Gasteiger partial charge is 0.326 e. The zero-order chi connectivity index (χ0) is 18.0. The van der Waals surface area contributed by atoms with Crippen LogP contribution in [-0.4, -0.2) is 23.1 Å². The van der Waals surface area contributed by atoms with Crippen molar-refractivity contribution >= 4 is 61.0 Å². The molecule has 0 saturated carbocycles. The lowest BCUT2D eigenvalue weighted by molar-refractivity contribution is -0.143. The summed E-state index contributed by atoms with van der Waals surface area (Å²) in [6, 6.07) is 8.39. The second-order valence-electron chi connectivity index (χ2n) is 4.91. The van der Waals surface area contributed by atoms with E-state index < -0.39 is 11.9 Å². The molecule has 130 valence electrons. The monoisotopic (exact) mass is 442 g/mol. The topological polar surface area (TPSA) is 73.8 Å². The first-order valence-electron chi connectivity index (χ1n) is 7.27. The highest BCUT2D eigenvalue weighted by Crippen LogP contribution is 2.22. The number of aromatic nitrogens is 1. The second kappa shape index (κ2) is 7.55. The third-order valence-electron chi connectivity index (χ3n) is 3.22. The lowest BCUT2D eigenvalue weighted by Gasteiger charge is -2.05. The number of fused-ring (bicyclic) bond motifs is 1. The highest BCUT2D eigenvalue weighted by atomic mass is 79.9. The van der Waals surface area contributed by atoms with E-state index in [1.54, 1.807) is 35.8 Å². The van der Waals surface area contributed by atoms with Crippen molar-refractivity contribution in [1.82, 2.24) is 4.57 Å². The van der Waals surface area contributed by atoms with Crippen LogP contribution in [0.3, 0.4) is 0 Å². The number of nitrogens with zero attached hydrogens (tertiary/aromatic N) is 2. The summed E-state index contributed by atoms with van der Waals surface area (Å²) in [6.07, 6.45) is 0. The fraction of sp³-hybridized carbons (Fsp3) is 0.188. The number of furan rings is 1. The Bertz CT molecular complexity index is 1020. The Hall–Kier alpha value is -1.90. The van der Waals surface area contributed by atoms with Crippen molar-refractivity contribution in [3.05, 3.63) is 50.6 Å². The summed E-state index contributed by atoms with van der Waals surface area (Å²) in [7, 11) is 0. The van der Waals surface area contributed by atoms with Crippen LogP contribution in [0.1, 0.15) is 17.5 Å². The molecule has 1 amide bonds. The molecule has 1 aromatic carbocycles. The zero-order valence-electron chi connectivity index (χ0n) is 13.0. The highest BCUT2D eigenvalue weighted by Gasteiger charge is 2.14. The molecule has 9 heteroatoms. The average molecular weight is 444 g/mol. The molecule has 0 saturated heterocycles. The summed E-state index contributed by atoms with van der Waals surface area (Å²) in [4.78, 5) is 28.7. The molecule has 0 fully saturated rings. The van der Waals surface area contributed by atoms with E-state index in [1.807, 2.05) is 0 Å². The van der Waals surface area contributed by atoms with E-state index in [4.69, 9.17) is 20.8 Å². The Morgan fingerprint density at radius 2 is 2.16 bits per heavy atom. The van der Waals surface area contributed by atoms with Crippen molar-refractivity contribution in [1.29, 1.82) is 0 Å². The quantitative estimate of drug-likeness (QED) is 0.571. The summed E-state index contributed by atoms with van der Waals surface area (Å²) in [5, 5.41) is 0.560. The molecule has 6 nitrogen and oxygen atoms in total. The van der Waals surface area contributed by atoms with Gasteiger partial charge in [0.25, 0.3) is 0 Å². The van der Waals surface area contributed by atoms with Gasteiger partial charge in [-0.2, -0.15) is 4.99 Å². The van der Waals surface area contributed by atoms with Gasteiger partial charge in [-0.1, -0.05) is 22.9 Å². The Labute approximate surface area is 159 Å². The molecule has 0 aliphatic carbocycles. The minimum Gasteiger partial charge on any atom is -0.465 e. The van der Waals surface area contributed by atoms with Gasteiger partial charge < -0.3 is 13.7 Å². The number of carbonyl (C=O) groups is 2. The Morgan fingerprint density at radius 1 is 1.36 bits per heavy atom. The van der Waals surface area contributed by atoms with E-state index in [1.165, 1.54) is 17.4 Å². The van der Waals surface area contributed by atoms with Crippen LogP contribution in [0.2, 0.25) is 5.02 Å². The van der Waals surface area contributed by atoms with Gasteiger partial charge in [0.1, 0.15) is 6.54 Å². The minimum atomic E-state index is -0.541. The van der Waals surface area contributed by atoms with Crippen molar-refractivity contribution in [2.24, 2.45) is 4.99 Å². The first kappa shape index (κ1) is 17.9. The number of halogens is 2. The van der Waals surface area contributed by atoms with E-state index in [0.29, 0.717) is 14.5 Å². The van der Waals surface area contributed by atoms with Crippen molar-refractivity contribution in [3.8, 4) is 0 Å². The molecule has 0 bridgehead atoms. The van der Waals surface area contributed by atoms with Crippen molar-refractivity contribution in [3.63, 3.8) is 0 Å². The van der Waals surface area contributed by atoms with Gasteiger partial charge >= 0.3 is 11.9 Å². The van der Waals surface area contributed by atoms with Gasteiger partial charge in [0.2, 0.25) is 0 Å². The number of benzene rings is 1.